The molecule has 3 aromatic carbocycles. The molecule has 1 atom stereocenters. The highest BCUT2D eigenvalue weighted by molar-refractivity contribution is 6.42. The van der Waals surface area contributed by atoms with Gasteiger partial charge in [0.2, 0.25) is 6.54 Å². The molecule has 6 nitrogen and oxygen atoms in total. The highest BCUT2D eigenvalue weighted by Gasteiger charge is 2.24. The van der Waals surface area contributed by atoms with E-state index in [0.717, 1.165) is 27.6 Å². The molecule has 1 N–H and O–H groups in total. The predicted molar refractivity (Wildman–Crippen MR) is 126 cm³/mol. The van der Waals surface area contributed by atoms with E-state index in [-0.39, 0.29) is 18.1 Å². The van der Waals surface area contributed by atoms with Gasteiger partial charge in [-0.2, -0.15) is 0 Å². The van der Waals surface area contributed by atoms with Crippen LogP contribution in [0.3, 0.4) is 0 Å². The second kappa shape index (κ2) is 9.51. The molecule has 4 rings (SSSR count). The second-order valence-corrected chi connectivity index (χ2v) is 8.12. The third-order valence-electron chi connectivity index (χ3n) is 5.30. The number of methoxy groups -OCH3 is 1. The number of hydrogen-bond donors (Lipinski definition) is 1. The molecular weight excluding hydrogens is 451 g/mol. The van der Waals surface area contributed by atoms with Crippen LogP contribution < -0.4 is 9.47 Å². The van der Waals surface area contributed by atoms with Gasteiger partial charge in [-0.3, -0.25) is 10.1 Å². The van der Waals surface area contributed by atoms with Crippen LogP contribution in [-0.4, -0.2) is 23.6 Å². The Bertz CT molecular complexity index is 1270. The Morgan fingerprint density at radius 3 is 2.59 bits per heavy atom. The van der Waals surface area contributed by atoms with Crippen LogP contribution in [0.4, 0.5) is 0 Å². The van der Waals surface area contributed by atoms with Gasteiger partial charge in [-0.15, -0.1) is 0 Å². The van der Waals surface area contributed by atoms with Gasteiger partial charge in [-0.05, 0) is 47.0 Å². The summed E-state index contributed by atoms with van der Waals surface area (Å²) in [6.07, 6.45) is 1.83. The molecule has 0 spiro atoms. The molecule has 0 aliphatic rings. The lowest BCUT2D eigenvalue weighted by molar-refractivity contribution is -0.481. The van der Waals surface area contributed by atoms with Crippen LogP contribution in [0, 0.1) is 10.1 Å². The minimum Gasteiger partial charge on any atom is -0.493 e. The number of ether oxygens (including phenoxy) is 2. The predicted octanol–water partition coefficient (Wildman–Crippen LogP) is 6.47. The largest absolute Gasteiger partial charge is 0.493 e. The van der Waals surface area contributed by atoms with Crippen molar-refractivity contribution < 1.29 is 14.4 Å². The van der Waals surface area contributed by atoms with Crippen molar-refractivity contribution in [1.29, 1.82) is 0 Å². The van der Waals surface area contributed by atoms with Crippen molar-refractivity contribution in [2.24, 2.45) is 0 Å². The summed E-state index contributed by atoms with van der Waals surface area (Å²) in [5.74, 6) is 0.580. The van der Waals surface area contributed by atoms with Gasteiger partial charge in [0.25, 0.3) is 0 Å². The molecule has 0 fully saturated rings. The minimum atomic E-state index is -0.445. The summed E-state index contributed by atoms with van der Waals surface area (Å²) in [6.45, 7) is 0.0296. The molecule has 0 aliphatic carbocycles. The molecule has 164 valence electrons. The standard InChI is InChI=1S/C24H20Cl2N2O4/c1-31-24-11-16(7-9-23(24)32-14-15-6-8-20(25)21(26)10-15)19(13-28(29)30)18-12-27-22-5-3-2-4-17(18)22/h2-12,19,27H,13-14H2,1H3/t19-/m0/s1. The van der Waals surface area contributed by atoms with E-state index in [1.54, 1.807) is 31.4 Å². The Balaban J connectivity index is 1.64. The number of nitrogens with zero attached hydrogens (tertiary/aromatic N) is 1. The summed E-state index contributed by atoms with van der Waals surface area (Å²) in [5.41, 5.74) is 3.42. The third-order valence-corrected chi connectivity index (χ3v) is 6.04. The van der Waals surface area contributed by atoms with Gasteiger partial charge >= 0.3 is 0 Å². The van der Waals surface area contributed by atoms with Crippen LogP contribution in [0.25, 0.3) is 10.9 Å². The number of halogens is 2. The monoisotopic (exact) mass is 470 g/mol. The van der Waals surface area contributed by atoms with Gasteiger partial charge in [-0.25, -0.2) is 0 Å². The Kier molecular flexibility index (Phi) is 6.53. The maximum atomic E-state index is 11.5. The number of aromatic amines is 1. The molecule has 1 aromatic heterocycles. The molecule has 0 unspecified atom stereocenters. The van der Waals surface area contributed by atoms with Gasteiger partial charge in [0, 0.05) is 22.0 Å². The molecular formula is C24H20Cl2N2O4. The van der Waals surface area contributed by atoms with Crippen LogP contribution >= 0.6 is 23.2 Å². The number of fused-ring (bicyclic) bond motifs is 1. The van der Waals surface area contributed by atoms with Crippen molar-refractivity contribution in [1.82, 2.24) is 4.98 Å². The Morgan fingerprint density at radius 1 is 1.03 bits per heavy atom. The van der Waals surface area contributed by atoms with E-state index < -0.39 is 5.92 Å². The van der Waals surface area contributed by atoms with Crippen molar-refractivity contribution in [2.45, 2.75) is 12.5 Å². The lowest BCUT2D eigenvalue weighted by Gasteiger charge is -2.17. The van der Waals surface area contributed by atoms with Crippen molar-refractivity contribution >= 4 is 34.1 Å². The summed E-state index contributed by atoms with van der Waals surface area (Å²) in [7, 11) is 1.54. The van der Waals surface area contributed by atoms with Crippen molar-refractivity contribution in [3.8, 4) is 11.5 Å². The zero-order valence-electron chi connectivity index (χ0n) is 17.2. The quantitative estimate of drug-likeness (QED) is 0.236. The molecule has 0 radical (unpaired) electrons. The number of H-pyrrole nitrogens is 1. The Labute approximate surface area is 194 Å². The topological polar surface area (TPSA) is 77.4 Å². The molecule has 0 bridgehead atoms. The fourth-order valence-corrected chi connectivity index (χ4v) is 4.05. The van der Waals surface area contributed by atoms with E-state index in [1.807, 2.05) is 42.6 Å². The number of nitro groups is 1. The number of nitrogens with one attached hydrogen (secondary N) is 1. The normalized spacial score (nSPS) is 12.0. The molecule has 32 heavy (non-hydrogen) atoms. The van der Waals surface area contributed by atoms with E-state index in [0.29, 0.717) is 21.5 Å². The lowest BCUT2D eigenvalue weighted by atomic mass is 9.90. The van der Waals surface area contributed by atoms with Crippen molar-refractivity contribution in [2.75, 3.05) is 13.7 Å². The van der Waals surface area contributed by atoms with Crippen LogP contribution in [0.2, 0.25) is 10.0 Å². The summed E-state index contributed by atoms with van der Waals surface area (Å²) in [6, 6.07) is 18.4. The molecule has 0 saturated carbocycles. The molecule has 0 aliphatic heterocycles. The number of rotatable bonds is 8. The van der Waals surface area contributed by atoms with E-state index in [9.17, 15) is 10.1 Å². The fraction of sp³-hybridized carbons (Fsp3) is 0.167. The smallest absolute Gasteiger partial charge is 0.214 e. The van der Waals surface area contributed by atoms with Crippen LogP contribution in [-0.2, 0) is 6.61 Å². The average Bonchev–Trinajstić information content (AvgIpc) is 3.22. The maximum Gasteiger partial charge on any atom is 0.214 e. The number of benzene rings is 3. The van der Waals surface area contributed by atoms with Gasteiger partial charge in [0.1, 0.15) is 6.61 Å². The van der Waals surface area contributed by atoms with E-state index in [1.165, 1.54) is 0 Å². The third kappa shape index (κ3) is 4.66. The Morgan fingerprint density at radius 2 is 1.84 bits per heavy atom. The zero-order chi connectivity index (χ0) is 22.7. The summed E-state index contributed by atoms with van der Waals surface area (Å²) >= 11 is 12.0. The van der Waals surface area contributed by atoms with Gasteiger partial charge in [0.05, 0.1) is 23.1 Å². The molecule has 4 aromatic rings. The van der Waals surface area contributed by atoms with E-state index in [4.69, 9.17) is 32.7 Å². The first-order chi connectivity index (χ1) is 15.5. The first-order valence-electron chi connectivity index (χ1n) is 9.88. The zero-order valence-corrected chi connectivity index (χ0v) is 18.7. The van der Waals surface area contributed by atoms with Gasteiger partial charge < -0.3 is 14.5 Å². The highest BCUT2D eigenvalue weighted by Crippen LogP contribution is 2.36. The number of para-hydroxylation sites is 1. The summed E-state index contributed by atoms with van der Waals surface area (Å²) < 4.78 is 11.4. The number of aromatic nitrogens is 1. The van der Waals surface area contributed by atoms with Crippen molar-refractivity contribution in [3.63, 3.8) is 0 Å². The minimum absolute atomic E-state index is 0.242. The van der Waals surface area contributed by atoms with Crippen LogP contribution in [0.1, 0.15) is 22.6 Å². The van der Waals surface area contributed by atoms with Crippen molar-refractivity contribution in [3.05, 3.63) is 104 Å². The first-order valence-corrected chi connectivity index (χ1v) is 10.6. The van der Waals surface area contributed by atoms with E-state index >= 15 is 0 Å². The highest BCUT2D eigenvalue weighted by atomic mass is 35.5. The van der Waals surface area contributed by atoms with E-state index in [2.05, 4.69) is 4.98 Å². The molecule has 0 amide bonds. The molecule has 8 heteroatoms. The van der Waals surface area contributed by atoms with Crippen LogP contribution in [0.5, 0.6) is 11.5 Å². The second-order valence-electron chi connectivity index (χ2n) is 7.30. The Hall–Kier alpha value is -3.22. The summed E-state index contributed by atoms with van der Waals surface area (Å²) in [5, 5.41) is 13.4. The number of hydrogen-bond acceptors (Lipinski definition) is 4. The van der Waals surface area contributed by atoms with Crippen LogP contribution in [0.15, 0.2) is 66.9 Å². The molecule has 1 heterocycles. The molecule has 0 saturated heterocycles. The first kappa shape index (κ1) is 22.0. The lowest BCUT2D eigenvalue weighted by Crippen LogP contribution is -2.14. The average molecular weight is 471 g/mol. The summed E-state index contributed by atoms with van der Waals surface area (Å²) in [4.78, 5) is 14.4. The fourth-order valence-electron chi connectivity index (χ4n) is 3.73. The van der Waals surface area contributed by atoms with Gasteiger partial charge in [-0.1, -0.05) is 53.5 Å². The van der Waals surface area contributed by atoms with Gasteiger partial charge in [0.15, 0.2) is 11.5 Å². The SMILES string of the molecule is COc1cc([C@H](C[N+](=O)[O-])c2c[nH]c3ccccc23)ccc1OCc1ccc(Cl)c(Cl)c1. The maximum absolute atomic E-state index is 11.5.